The summed E-state index contributed by atoms with van der Waals surface area (Å²) in [6.45, 7) is 1.66. The quantitative estimate of drug-likeness (QED) is 0.447. The molecule has 0 bridgehead atoms. The molecule has 0 aromatic heterocycles. The molecule has 3 N–H and O–H groups in total. The Morgan fingerprint density at radius 1 is 1.23 bits per heavy atom. The number of nitrogens with zero attached hydrogens (tertiary/aromatic N) is 1. The van der Waals surface area contributed by atoms with Gasteiger partial charge in [0, 0.05) is 24.9 Å². The van der Waals surface area contributed by atoms with Gasteiger partial charge in [-0.15, -0.1) is 0 Å². The third kappa shape index (κ3) is 5.72. The Balaban J connectivity index is 1.63. The Morgan fingerprint density at radius 2 is 1.88 bits per heavy atom. The van der Waals surface area contributed by atoms with E-state index in [1.54, 1.807) is 6.07 Å². The highest BCUT2D eigenvalue weighted by molar-refractivity contribution is 5.84. The van der Waals surface area contributed by atoms with Crippen LogP contribution in [0.15, 0.2) is 24.3 Å². The molecule has 1 aromatic carbocycles. The highest BCUT2D eigenvalue weighted by Crippen LogP contribution is 2.37. The molecule has 26 heavy (non-hydrogen) atoms. The van der Waals surface area contributed by atoms with Crippen molar-refractivity contribution >= 4 is 23.4 Å². The minimum Gasteiger partial charge on any atom is -0.477 e. The fourth-order valence-electron chi connectivity index (χ4n) is 2.23. The van der Waals surface area contributed by atoms with E-state index in [0.29, 0.717) is 5.92 Å². The Morgan fingerprint density at radius 3 is 2.54 bits per heavy atom. The standard InChI is InChI=1S/C16H20N4O6/c1-10-8-11(10)16(23)17-7-6-14(21)18-19-15(22)9-26-13-5-3-2-4-12(13)20(24)25/h2-5,10-11H,6-9H2,1H3,(H,17,23)(H,18,21)(H,19,22). The molecule has 10 heteroatoms. The van der Waals surface area contributed by atoms with Gasteiger partial charge >= 0.3 is 5.69 Å². The first-order chi connectivity index (χ1) is 12.4. The predicted molar refractivity (Wildman–Crippen MR) is 89.8 cm³/mol. The van der Waals surface area contributed by atoms with E-state index in [-0.39, 0.29) is 36.2 Å². The number of carbonyl (C=O) groups excluding carboxylic acids is 3. The smallest absolute Gasteiger partial charge is 0.310 e. The number of amides is 3. The van der Waals surface area contributed by atoms with Gasteiger partial charge in [-0.2, -0.15) is 0 Å². The number of para-hydroxylation sites is 2. The number of benzene rings is 1. The van der Waals surface area contributed by atoms with Gasteiger partial charge in [-0.25, -0.2) is 0 Å². The van der Waals surface area contributed by atoms with Crippen LogP contribution < -0.4 is 20.9 Å². The third-order valence-electron chi connectivity index (χ3n) is 3.86. The van der Waals surface area contributed by atoms with Gasteiger partial charge < -0.3 is 10.1 Å². The number of hydrogen-bond acceptors (Lipinski definition) is 6. The first-order valence-corrected chi connectivity index (χ1v) is 8.10. The monoisotopic (exact) mass is 364 g/mol. The maximum absolute atomic E-state index is 11.6. The molecule has 2 unspecified atom stereocenters. The fraction of sp³-hybridized carbons (Fsp3) is 0.438. The molecule has 0 spiro atoms. The van der Waals surface area contributed by atoms with Crippen molar-refractivity contribution in [2.45, 2.75) is 19.8 Å². The molecule has 2 atom stereocenters. The van der Waals surface area contributed by atoms with Crippen molar-refractivity contribution in [3.05, 3.63) is 34.4 Å². The van der Waals surface area contributed by atoms with Gasteiger partial charge in [-0.3, -0.25) is 35.3 Å². The molecule has 2 rings (SSSR count). The summed E-state index contributed by atoms with van der Waals surface area (Å²) < 4.78 is 5.09. The van der Waals surface area contributed by atoms with Crippen molar-refractivity contribution in [3.8, 4) is 5.75 Å². The summed E-state index contributed by atoms with van der Waals surface area (Å²) in [4.78, 5) is 45.0. The lowest BCUT2D eigenvalue weighted by molar-refractivity contribution is -0.385. The van der Waals surface area contributed by atoms with Crippen LogP contribution in [0.4, 0.5) is 5.69 Å². The van der Waals surface area contributed by atoms with Crippen LogP contribution in [0, 0.1) is 22.0 Å². The van der Waals surface area contributed by atoms with Gasteiger partial charge in [0.2, 0.25) is 11.8 Å². The van der Waals surface area contributed by atoms with Crippen LogP contribution in [0.1, 0.15) is 19.8 Å². The SMILES string of the molecule is CC1CC1C(=O)NCCC(=O)NNC(=O)COc1ccccc1[N+](=O)[O-]. The largest absolute Gasteiger partial charge is 0.477 e. The summed E-state index contributed by atoms with van der Waals surface area (Å²) in [6.07, 6.45) is 0.881. The van der Waals surface area contributed by atoms with Crippen LogP contribution in [0.3, 0.4) is 0 Å². The first kappa shape index (κ1) is 19.2. The molecule has 10 nitrogen and oxygen atoms in total. The summed E-state index contributed by atoms with van der Waals surface area (Å²) in [5, 5.41) is 13.5. The van der Waals surface area contributed by atoms with Gasteiger partial charge in [0.15, 0.2) is 12.4 Å². The van der Waals surface area contributed by atoms with Crippen molar-refractivity contribution < 1.29 is 24.0 Å². The topological polar surface area (TPSA) is 140 Å². The lowest BCUT2D eigenvalue weighted by Crippen LogP contribution is -2.44. The second-order valence-corrected chi connectivity index (χ2v) is 5.97. The number of hydrogen-bond donors (Lipinski definition) is 3. The van der Waals surface area contributed by atoms with Crippen LogP contribution in [0.2, 0.25) is 0 Å². The molecule has 0 heterocycles. The predicted octanol–water partition coefficient (Wildman–Crippen LogP) is 0.283. The summed E-state index contributed by atoms with van der Waals surface area (Å²) in [5.41, 5.74) is 4.06. The van der Waals surface area contributed by atoms with E-state index in [4.69, 9.17) is 4.74 Å². The van der Waals surface area contributed by atoms with E-state index in [1.165, 1.54) is 18.2 Å². The first-order valence-electron chi connectivity index (χ1n) is 8.10. The van der Waals surface area contributed by atoms with E-state index < -0.39 is 23.3 Å². The van der Waals surface area contributed by atoms with E-state index in [9.17, 15) is 24.5 Å². The number of nitro benzene ring substituents is 1. The zero-order chi connectivity index (χ0) is 19.1. The van der Waals surface area contributed by atoms with Crippen LogP contribution in [-0.2, 0) is 14.4 Å². The molecule has 0 saturated heterocycles. The van der Waals surface area contributed by atoms with Crippen LogP contribution in [0.5, 0.6) is 5.75 Å². The van der Waals surface area contributed by atoms with Crippen LogP contribution in [-0.4, -0.2) is 35.8 Å². The van der Waals surface area contributed by atoms with Gasteiger partial charge in [0.25, 0.3) is 5.91 Å². The van der Waals surface area contributed by atoms with E-state index in [2.05, 4.69) is 16.2 Å². The Bertz CT molecular complexity index is 708. The molecule has 1 saturated carbocycles. The van der Waals surface area contributed by atoms with Gasteiger partial charge in [0.05, 0.1) is 4.92 Å². The summed E-state index contributed by atoms with van der Waals surface area (Å²) >= 11 is 0. The second-order valence-electron chi connectivity index (χ2n) is 5.97. The highest BCUT2D eigenvalue weighted by Gasteiger charge is 2.38. The molecular formula is C16H20N4O6. The summed E-state index contributed by atoms with van der Waals surface area (Å²) in [7, 11) is 0. The molecule has 1 aromatic rings. The van der Waals surface area contributed by atoms with Crippen molar-refractivity contribution in [2.75, 3.05) is 13.2 Å². The number of nitro groups is 1. The number of carbonyl (C=O) groups is 3. The number of hydrazine groups is 1. The normalized spacial score (nSPS) is 17.7. The molecule has 1 aliphatic rings. The Hall–Kier alpha value is -3.17. The maximum Gasteiger partial charge on any atom is 0.310 e. The summed E-state index contributed by atoms with van der Waals surface area (Å²) in [6, 6.07) is 5.64. The lowest BCUT2D eigenvalue weighted by atomic mass is 10.3. The van der Waals surface area contributed by atoms with E-state index >= 15 is 0 Å². The molecule has 3 amide bonds. The van der Waals surface area contributed by atoms with Crippen molar-refractivity contribution in [2.24, 2.45) is 11.8 Å². The highest BCUT2D eigenvalue weighted by atomic mass is 16.6. The molecular weight excluding hydrogens is 344 g/mol. The zero-order valence-electron chi connectivity index (χ0n) is 14.2. The minimum atomic E-state index is -0.674. The number of nitrogens with one attached hydrogen (secondary N) is 3. The molecule has 140 valence electrons. The molecule has 0 radical (unpaired) electrons. The van der Waals surface area contributed by atoms with Gasteiger partial charge in [-0.1, -0.05) is 19.1 Å². The van der Waals surface area contributed by atoms with E-state index in [1.807, 2.05) is 6.92 Å². The molecule has 1 fully saturated rings. The minimum absolute atomic E-state index is 0.0120. The van der Waals surface area contributed by atoms with Gasteiger partial charge in [-0.05, 0) is 18.4 Å². The number of ether oxygens (including phenoxy) is 1. The molecule has 1 aliphatic carbocycles. The van der Waals surface area contributed by atoms with E-state index in [0.717, 1.165) is 6.42 Å². The average molecular weight is 364 g/mol. The van der Waals surface area contributed by atoms with Gasteiger partial charge in [0.1, 0.15) is 0 Å². The maximum atomic E-state index is 11.6. The van der Waals surface area contributed by atoms with Crippen LogP contribution >= 0.6 is 0 Å². The summed E-state index contributed by atoms with van der Waals surface area (Å²) in [5.74, 6) is -0.829. The second kappa shape index (κ2) is 8.79. The fourth-order valence-corrected chi connectivity index (χ4v) is 2.23. The lowest BCUT2D eigenvalue weighted by Gasteiger charge is -2.09. The third-order valence-corrected chi connectivity index (χ3v) is 3.86. The zero-order valence-corrected chi connectivity index (χ0v) is 14.2. The molecule has 0 aliphatic heterocycles. The Labute approximate surface area is 149 Å². The number of rotatable bonds is 8. The average Bonchev–Trinajstić information content (AvgIpc) is 3.35. The van der Waals surface area contributed by atoms with Crippen molar-refractivity contribution in [3.63, 3.8) is 0 Å². The van der Waals surface area contributed by atoms with Crippen molar-refractivity contribution in [1.29, 1.82) is 0 Å². The van der Waals surface area contributed by atoms with Crippen molar-refractivity contribution in [1.82, 2.24) is 16.2 Å². The van der Waals surface area contributed by atoms with Crippen LogP contribution in [0.25, 0.3) is 0 Å². The Kier molecular flexibility index (Phi) is 6.48.